The highest BCUT2D eigenvalue weighted by Crippen LogP contribution is 2.25. The summed E-state index contributed by atoms with van der Waals surface area (Å²) >= 11 is 11.8. The van der Waals surface area contributed by atoms with Gasteiger partial charge in [0.2, 0.25) is 0 Å². The first-order valence-electron chi connectivity index (χ1n) is 5.56. The van der Waals surface area contributed by atoms with Crippen molar-refractivity contribution in [1.82, 2.24) is 5.32 Å². The number of halogens is 2. The fraction of sp³-hybridized carbons (Fsp3) is 0.500. The van der Waals surface area contributed by atoms with Gasteiger partial charge in [0, 0.05) is 28.7 Å². The van der Waals surface area contributed by atoms with E-state index >= 15 is 0 Å². The second kappa shape index (κ2) is 7.19. The molecule has 0 fully saturated rings. The van der Waals surface area contributed by atoms with Gasteiger partial charge in [0.1, 0.15) is 0 Å². The lowest BCUT2D eigenvalue weighted by atomic mass is 10.1. The predicted molar refractivity (Wildman–Crippen MR) is 70.6 cm³/mol. The summed E-state index contributed by atoms with van der Waals surface area (Å²) in [6, 6.07) is 4.98. The van der Waals surface area contributed by atoms with E-state index in [0.717, 1.165) is 0 Å². The van der Waals surface area contributed by atoms with Crippen LogP contribution in [0.1, 0.15) is 25.0 Å². The molecule has 0 amide bonds. The fourth-order valence-electron chi connectivity index (χ4n) is 1.41. The lowest BCUT2D eigenvalue weighted by molar-refractivity contribution is 0.144. The van der Waals surface area contributed by atoms with Gasteiger partial charge in [-0.2, -0.15) is 0 Å². The topological polar surface area (TPSA) is 52.5 Å². The minimum atomic E-state index is -0.731. The first kappa shape index (κ1) is 14.7. The summed E-state index contributed by atoms with van der Waals surface area (Å²) in [5.41, 5.74) is 0.595. The molecule has 1 aromatic carbocycles. The van der Waals surface area contributed by atoms with Crippen molar-refractivity contribution in [1.29, 1.82) is 0 Å². The zero-order chi connectivity index (χ0) is 12.8. The molecule has 2 atom stereocenters. The van der Waals surface area contributed by atoms with Gasteiger partial charge in [-0.1, -0.05) is 30.1 Å². The Morgan fingerprint density at radius 2 is 1.94 bits per heavy atom. The Morgan fingerprint density at radius 3 is 2.59 bits per heavy atom. The lowest BCUT2D eigenvalue weighted by Crippen LogP contribution is -2.29. The highest BCUT2D eigenvalue weighted by atomic mass is 35.5. The van der Waals surface area contributed by atoms with Crippen LogP contribution < -0.4 is 5.32 Å². The van der Waals surface area contributed by atoms with Crippen LogP contribution in [0.5, 0.6) is 0 Å². The van der Waals surface area contributed by atoms with E-state index in [1.165, 1.54) is 0 Å². The summed E-state index contributed by atoms with van der Waals surface area (Å²) in [6.45, 7) is 2.68. The minimum absolute atomic E-state index is 0.330. The van der Waals surface area contributed by atoms with E-state index in [0.29, 0.717) is 35.1 Å². The van der Waals surface area contributed by atoms with Gasteiger partial charge in [-0.25, -0.2) is 0 Å². The summed E-state index contributed by atoms with van der Waals surface area (Å²) in [4.78, 5) is 0. The molecular weight excluding hydrogens is 261 g/mol. The standard InChI is InChI=1S/C12H17Cl2NO2/c1-2-9(16)6-15-7-12(17)10-5-8(13)3-4-11(10)14/h3-5,9,12,15-17H,2,6-7H2,1H3. The number of benzene rings is 1. The van der Waals surface area contributed by atoms with E-state index in [9.17, 15) is 10.2 Å². The largest absolute Gasteiger partial charge is 0.392 e. The summed E-state index contributed by atoms with van der Waals surface area (Å²) in [5, 5.41) is 23.3. The van der Waals surface area contributed by atoms with E-state index in [1.54, 1.807) is 18.2 Å². The Hall–Kier alpha value is -0.320. The third kappa shape index (κ3) is 4.82. The molecule has 0 radical (unpaired) electrons. The highest BCUT2D eigenvalue weighted by Gasteiger charge is 2.12. The molecule has 0 aliphatic heterocycles. The van der Waals surface area contributed by atoms with Crippen LogP contribution in [0.15, 0.2) is 18.2 Å². The van der Waals surface area contributed by atoms with Gasteiger partial charge in [0.05, 0.1) is 12.2 Å². The Kier molecular flexibility index (Phi) is 6.23. The Balaban J connectivity index is 2.52. The SMILES string of the molecule is CCC(O)CNCC(O)c1cc(Cl)ccc1Cl. The summed E-state index contributed by atoms with van der Waals surface area (Å²) in [6.07, 6.45) is -0.441. The number of nitrogens with one attached hydrogen (secondary N) is 1. The predicted octanol–water partition coefficient (Wildman–Crippen LogP) is 2.39. The van der Waals surface area contributed by atoms with Gasteiger partial charge in [-0.3, -0.25) is 0 Å². The maximum atomic E-state index is 9.92. The first-order valence-corrected chi connectivity index (χ1v) is 6.32. The average Bonchev–Trinajstić information content (AvgIpc) is 2.31. The molecule has 1 aromatic rings. The van der Waals surface area contributed by atoms with Crippen LogP contribution in [-0.4, -0.2) is 29.4 Å². The van der Waals surface area contributed by atoms with Crippen molar-refractivity contribution in [2.24, 2.45) is 0 Å². The van der Waals surface area contributed by atoms with Crippen molar-refractivity contribution in [3.63, 3.8) is 0 Å². The van der Waals surface area contributed by atoms with Crippen molar-refractivity contribution in [2.45, 2.75) is 25.6 Å². The third-order valence-electron chi connectivity index (χ3n) is 2.51. The molecule has 96 valence electrons. The molecule has 5 heteroatoms. The zero-order valence-electron chi connectivity index (χ0n) is 9.66. The van der Waals surface area contributed by atoms with E-state index < -0.39 is 12.2 Å². The molecule has 3 nitrogen and oxygen atoms in total. The minimum Gasteiger partial charge on any atom is -0.392 e. The molecule has 17 heavy (non-hydrogen) atoms. The van der Waals surface area contributed by atoms with Crippen LogP contribution in [0.2, 0.25) is 10.0 Å². The molecule has 1 rings (SSSR count). The molecule has 0 aromatic heterocycles. The third-order valence-corrected chi connectivity index (χ3v) is 3.09. The van der Waals surface area contributed by atoms with Crippen molar-refractivity contribution < 1.29 is 10.2 Å². The molecule has 3 N–H and O–H groups in total. The van der Waals surface area contributed by atoms with Gasteiger partial charge < -0.3 is 15.5 Å². The van der Waals surface area contributed by atoms with E-state index in [1.807, 2.05) is 6.92 Å². The Bertz CT molecular complexity index is 360. The van der Waals surface area contributed by atoms with Crippen molar-refractivity contribution in [2.75, 3.05) is 13.1 Å². The number of aliphatic hydroxyl groups is 2. The van der Waals surface area contributed by atoms with Crippen molar-refractivity contribution >= 4 is 23.2 Å². The van der Waals surface area contributed by atoms with Crippen LogP contribution in [0.3, 0.4) is 0 Å². The molecular formula is C12H17Cl2NO2. The van der Waals surface area contributed by atoms with E-state index in [-0.39, 0.29) is 0 Å². The molecule has 0 heterocycles. The number of rotatable bonds is 6. The van der Waals surface area contributed by atoms with Gasteiger partial charge >= 0.3 is 0 Å². The van der Waals surface area contributed by atoms with Gasteiger partial charge in [-0.05, 0) is 24.6 Å². The number of hydrogen-bond acceptors (Lipinski definition) is 3. The van der Waals surface area contributed by atoms with E-state index in [2.05, 4.69) is 5.32 Å². The number of hydrogen-bond donors (Lipinski definition) is 3. The zero-order valence-corrected chi connectivity index (χ0v) is 11.2. The molecule has 0 aliphatic carbocycles. The molecule has 2 unspecified atom stereocenters. The van der Waals surface area contributed by atoms with Crippen LogP contribution in [-0.2, 0) is 0 Å². The molecule has 0 bridgehead atoms. The summed E-state index contributed by atoms with van der Waals surface area (Å²) in [7, 11) is 0. The number of aliphatic hydroxyl groups excluding tert-OH is 2. The van der Waals surface area contributed by atoms with Gasteiger partial charge in [0.15, 0.2) is 0 Å². The van der Waals surface area contributed by atoms with Crippen LogP contribution >= 0.6 is 23.2 Å². The fourth-order valence-corrected chi connectivity index (χ4v) is 1.83. The quantitative estimate of drug-likeness (QED) is 0.749. The second-order valence-electron chi connectivity index (χ2n) is 3.90. The monoisotopic (exact) mass is 277 g/mol. The van der Waals surface area contributed by atoms with Gasteiger partial charge in [0.25, 0.3) is 0 Å². The van der Waals surface area contributed by atoms with Crippen molar-refractivity contribution in [3.05, 3.63) is 33.8 Å². The van der Waals surface area contributed by atoms with Crippen LogP contribution in [0.4, 0.5) is 0 Å². The average molecular weight is 278 g/mol. The molecule has 0 saturated carbocycles. The second-order valence-corrected chi connectivity index (χ2v) is 4.75. The molecule has 0 spiro atoms. The summed E-state index contributed by atoms with van der Waals surface area (Å²) in [5.74, 6) is 0. The molecule has 0 saturated heterocycles. The Morgan fingerprint density at radius 1 is 1.24 bits per heavy atom. The highest BCUT2D eigenvalue weighted by molar-refractivity contribution is 6.33. The Labute approximate surface area is 111 Å². The molecule has 0 aliphatic rings. The van der Waals surface area contributed by atoms with Crippen LogP contribution in [0.25, 0.3) is 0 Å². The maximum absolute atomic E-state index is 9.92. The lowest BCUT2D eigenvalue weighted by Gasteiger charge is -2.15. The van der Waals surface area contributed by atoms with Gasteiger partial charge in [-0.15, -0.1) is 0 Å². The normalized spacial score (nSPS) is 14.6. The maximum Gasteiger partial charge on any atom is 0.0929 e. The van der Waals surface area contributed by atoms with Crippen molar-refractivity contribution in [3.8, 4) is 0 Å². The smallest absolute Gasteiger partial charge is 0.0929 e. The van der Waals surface area contributed by atoms with Crippen LogP contribution in [0, 0.1) is 0 Å². The first-order chi connectivity index (χ1) is 8.04. The summed E-state index contributed by atoms with van der Waals surface area (Å²) < 4.78 is 0. The van der Waals surface area contributed by atoms with E-state index in [4.69, 9.17) is 23.2 Å².